The van der Waals surface area contributed by atoms with Crippen LogP contribution in [0.25, 0.3) is 0 Å². The second-order valence-electron chi connectivity index (χ2n) is 5.21. The number of aliphatic hydroxyl groups excluding tert-OH is 2. The Morgan fingerprint density at radius 2 is 1.88 bits per heavy atom. The topological polar surface area (TPSA) is 171 Å². The summed E-state index contributed by atoms with van der Waals surface area (Å²) in [7, 11) is -4.96. The summed E-state index contributed by atoms with van der Waals surface area (Å²) in [6.45, 7) is -0.633. The number of carboxylic acid groups (broad SMARTS) is 1. The third-order valence-electron chi connectivity index (χ3n) is 3.47. The summed E-state index contributed by atoms with van der Waals surface area (Å²) in [6.07, 6.45) is -4.77. The van der Waals surface area contributed by atoms with Gasteiger partial charge in [-0.05, 0) is 17.7 Å². The molecule has 1 aliphatic rings. The van der Waals surface area contributed by atoms with Gasteiger partial charge >= 0.3 is 59.1 Å². The Hall–Kier alpha value is 0.480. The number of carboxylic acids is 1. The Bertz CT molecular complexity index is 644. The molecule has 5 atom stereocenters. The number of phosphoric acid groups is 1. The van der Waals surface area contributed by atoms with E-state index in [1.165, 1.54) is 18.2 Å². The number of hydrogen-bond donors (Lipinski definition) is 4. The SMILES string of the molecule is O=C([O-])c1cccc(NC[C@H]2O[C@H](COP(=O)([O-])O)[C@@H](O)[C@H]2O)c1.[Na+].[Na+]. The first-order valence-electron chi connectivity index (χ1n) is 6.92. The molecule has 26 heavy (non-hydrogen) atoms. The van der Waals surface area contributed by atoms with Gasteiger partial charge in [0.25, 0.3) is 7.82 Å². The Labute approximate surface area is 193 Å². The van der Waals surface area contributed by atoms with E-state index in [0.717, 1.165) is 0 Å². The number of carbonyl (C=O) groups excluding carboxylic acids is 1. The summed E-state index contributed by atoms with van der Waals surface area (Å²) in [5.74, 6) is -1.34. The standard InChI is InChI=1S/C13H18NO9P.2Na/c15-11-9(23-10(12(11)16)6-22-24(19,20)21)5-14-8-3-1-2-7(4-8)13(17)18;;/h1-4,9-12,14-16H,5-6H2,(H,17,18)(H2,19,20,21);;/q;2*+1/p-2/t9-,10-,11+,12-;;/m1../s1. The second-order valence-corrected chi connectivity index (χ2v) is 6.40. The van der Waals surface area contributed by atoms with Gasteiger partial charge < -0.3 is 44.5 Å². The third kappa shape index (κ3) is 7.84. The summed E-state index contributed by atoms with van der Waals surface area (Å²) in [4.78, 5) is 29.9. The molecule has 0 bridgehead atoms. The zero-order valence-corrected chi connectivity index (χ0v) is 19.2. The van der Waals surface area contributed by atoms with Crippen LogP contribution in [0.2, 0.25) is 0 Å². The molecule has 1 aromatic rings. The van der Waals surface area contributed by atoms with Crippen LogP contribution in [0.3, 0.4) is 0 Å². The van der Waals surface area contributed by atoms with E-state index in [2.05, 4.69) is 9.84 Å². The number of benzene rings is 1. The molecular weight excluding hydrogens is 391 g/mol. The zero-order valence-electron chi connectivity index (χ0n) is 14.3. The van der Waals surface area contributed by atoms with Crippen LogP contribution in [0.4, 0.5) is 5.69 Å². The number of ether oxygens (including phenoxy) is 1. The van der Waals surface area contributed by atoms with Crippen molar-refractivity contribution < 1.29 is 103 Å². The Morgan fingerprint density at radius 1 is 1.27 bits per heavy atom. The van der Waals surface area contributed by atoms with Crippen molar-refractivity contribution in [2.75, 3.05) is 18.5 Å². The van der Waals surface area contributed by atoms with Gasteiger partial charge in [0.15, 0.2) is 0 Å². The number of anilines is 1. The quantitative estimate of drug-likeness (QED) is 0.251. The second kappa shape index (κ2) is 11.5. The van der Waals surface area contributed by atoms with E-state index < -0.39 is 44.8 Å². The van der Waals surface area contributed by atoms with E-state index in [1.807, 2.05) is 0 Å². The smallest absolute Gasteiger partial charge is 0.756 e. The predicted molar refractivity (Wildman–Crippen MR) is 75.7 cm³/mol. The van der Waals surface area contributed by atoms with Gasteiger partial charge in [-0.25, -0.2) is 0 Å². The van der Waals surface area contributed by atoms with Crippen molar-refractivity contribution in [2.45, 2.75) is 24.4 Å². The normalized spacial score (nSPS) is 26.9. The summed E-state index contributed by atoms with van der Waals surface area (Å²) in [5.41, 5.74) is 0.398. The Kier molecular flexibility index (Phi) is 11.7. The van der Waals surface area contributed by atoms with Crippen molar-refractivity contribution in [3.05, 3.63) is 29.8 Å². The molecule has 0 aliphatic carbocycles. The molecule has 13 heteroatoms. The average molecular weight is 407 g/mol. The molecule has 134 valence electrons. The molecule has 0 spiro atoms. The van der Waals surface area contributed by atoms with E-state index in [4.69, 9.17) is 9.63 Å². The number of aliphatic hydroxyl groups is 2. The fourth-order valence-corrected chi connectivity index (χ4v) is 2.61. The fraction of sp³-hybridized carbons (Fsp3) is 0.462. The molecule has 0 radical (unpaired) electrons. The molecule has 1 unspecified atom stereocenters. The van der Waals surface area contributed by atoms with Crippen LogP contribution in [-0.4, -0.2) is 58.6 Å². The first-order chi connectivity index (χ1) is 11.2. The number of aromatic carboxylic acids is 1. The number of nitrogens with one attached hydrogen (secondary N) is 1. The van der Waals surface area contributed by atoms with Crippen LogP contribution in [0.15, 0.2) is 24.3 Å². The van der Waals surface area contributed by atoms with Crippen molar-refractivity contribution in [3.63, 3.8) is 0 Å². The van der Waals surface area contributed by atoms with Gasteiger partial charge in [-0.2, -0.15) is 0 Å². The molecule has 1 aliphatic heterocycles. The Morgan fingerprint density at radius 3 is 2.46 bits per heavy atom. The monoisotopic (exact) mass is 407 g/mol. The molecule has 4 N–H and O–H groups in total. The largest absolute Gasteiger partial charge is 1.00 e. The molecule has 10 nitrogen and oxygen atoms in total. The van der Waals surface area contributed by atoms with Crippen LogP contribution in [-0.2, 0) is 13.8 Å². The van der Waals surface area contributed by atoms with Crippen molar-refractivity contribution in [1.29, 1.82) is 0 Å². The van der Waals surface area contributed by atoms with Crippen LogP contribution in [0, 0.1) is 0 Å². The summed E-state index contributed by atoms with van der Waals surface area (Å²) in [6, 6.07) is 5.77. The van der Waals surface area contributed by atoms with Gasteiger partial charge in [0.2, 0.25) is 0 Å². The molecule has 1 saturated heterocycles. The number of phosphoric ester groups is 1. The molecule has 1 aromatic carbocycles. The third-order valence-corrected chi connectivity index (χ3v) is 3.94. The molecular formula is C13H16NNa2O9P. The maximum atomic E-state index is 10.8. The first-order valence-corrected chi connectivity index (χ1v) is 8.42. The maximum Gasteiger partial charge on any atom is 1.00 e. The molecule has 1 fully saturated rings. The van der Waals surface area contributed by atoms with Crippen molar-refractivity contribution in [3.8, 4) is 0 Å². The van der Waals surface area contributed by atoms with Crippen molar-refractivity contribution in [2.24, 2.45) is 0 Å². The van der Waals surface area contributed by atoms with E-state index >= 15 is 0 Å². The minimum atomic E-state index is -4.96. The van der Waals surface area contributed by atoms with E-state index in [-0.39, 0.29) is 71.2 Å². The van der Waals surface area contributed by atoms with Crippen LogP contribution >= 0.6 is 7.82 Å². The van der Waals surface area contributed by atoms with Gasteiger partial charge in [-0.1, -0.05) is 12.1 Å². The van der Waals surface area contributed by atoms with Gasteiger partial charge in [0.1, 0.15) is 24.4 Å². The average Bonchev–Trinajstić information content (AvgIpc) is 2.78. The van der Waals surface area contributed by atoms with E-state index in [0.29, 0.717) is 5.69 Å². The molecule has 0 aromatic heterocycles. The molecule has 0 saturated carbocycles. The fourth-order valence-electron chi connectivity index (χ4n) is 2.27. The molecule has 0 amide bonds. The molecule has 2 rings (SSSR count). The maximum absolute atomic E-state index is 10.8. The summed E-state index contributed by atoms with van der Waals surface area (Å²) >= 11 is 0. The zero-order chi connectivity index (χ0) is 17.9. The minimum Gasteiger partial charge on any atom is -0.756 e. The van der Waals surface area contributed by atoms with Gasteiger partial charge in [0.05, 0.1) is 12.6 Å². The summed E-state index contributed by atoms with van der Waals surface area (Å²) < 4.78 is 20.0. The number of carbonyl (C=O) groups is 1. The number of hydrogen-bond acceptors (Lipinski definition) is 9. The number of rotatable bonds is 7. The van der Waals surface area contributed by atoms with E-state index in [1.54, 1.807) is 6.07 Å². The van der Waals surface area contributed by atoms with Crippen molar-refractivity contribution in [1.82, 2.24) is 0 Å². The van der Waals surface area contributed by atoms with Crippen molar-refractivity contribution >= 4 is 19.5 Å². The summed E-state index contributed by atoms with van der Waals surface area (Å²) in [5, 5.41) is 33.3. The first kappa shape index (κ1) is 26.5. The van der Waals surface area contributed by atoms with Crippen LogP contribution < -0.4 is 74.4 Å². The minimum absolute atomic E-state index is 0. The molecule has 1 heterocycles. The van der Waals surface area contributed by atoms with E-state index in [9.17, 15) is 29.6 Å². The van der Waals surface area contributed by atoms with Crippen LogP contribution in [0.5, 0.6) is 0 Å². The van der Waals surface area contributed by atoms with Crippen LogP contribution in [0.1, 0.15) is 10.4 Å². The van der Waals surface area contributed by atoms with Gasteiger partial charge in [0, 0.05) is 12.2 Å². The predicted octanol–water partition coefficient (Wildman–Crippen LogP) is -8.56. The Balaban J connectivity index is 0.00000312. The van der Waals surface area contributed by atoms with Gasteiger partial charge in [-0.3, -0.25) is 4.57 Å². The van der Waals surface area contributed by atoms with Gasteiger partial charge in [-0.15, -0.1) is 0 Å².